The molecule has 2 fully saturated rings. The van der Waals surface area contributed by atoms with E-state index < -0.39 is 12.1 Å². The molecule has 0 radical (unpaired) electrons. The zero-order valence-electron chi connectivity index (χ0n) is 24.0. The van der Waals surface area contributed by atoms with Crippen molar-refractivity contribution in [2.24, 2.45) is 15.4 Å². The number of aliphatic carboxylic acids is 1. The highest BCUT2D eigenvalue weighted by Gasteiger charge is 2.46. The monoisotopic (exact) mass is 605 g/mol. The van der Waals surface area contributed by atoms with E-state index in [2.05, 4.69) is 27.0 Å². The van der Waals surface area contributed by atoms with Crippen molar-refractivity contribution in [3.8, 4) is 22.6 Å². The lowest BCUT2D eigenvalue weighted by Gasteiger charge is -2.38. The molecule has 3 aliphatic rings. The molecular weight excluding hydrogens is 572 g/mol. The molecule has 0 saturated carbocycles. The van der Waals surface area contributed by atoms with Gasteiger partial charge in [-0.05, 0) is 80.6 Å². The predicted octanol–water partition coefficient (Wildman–Crippen LogP) is 3.84. The van der Waals surface area contributed by atoms with Crippen LogP contribution in [0, 0.1) is 11.2 Å². The fraction of sp³-hybridized carbons (Fsp3) is 0.467. The molecule has 5 rings (SSSR count). The molecule has 0 aliphatic carbocycles. The van der Waals surface area contributed by atoms with E-state index in [-0.39, 0.29) is 17.1 Å². The van der Waals surface area contributed by atoms with Gasteiger partial charge in [0.25, 0.3) is 0 Å². The van der Waals surface area contributed by atoms with Crippen LogP contribution in [0.3, 0.4) is 0 Å². The second-order valence-corrected chi connectivity index (χ2v) is 10.5. The van der Waals surface area contributed by atoms with Gasteiger partial charge in [-0.15, -0.1) is 0 Å². The quantitative estimate of drug-likeness (QED) is 0.444. The maximum Gasteiger partial charge on any atom is 0.430 e. The van der Waals surface area contributed by atoms with Crippen molar-refractivity contribution < 1.29 is 41.7 Å². The Balaban J connectivity index is 0.000000541. The number of hydrogen-bond acceptors (Lipinski definition) is 8. The van der Waals surface area contributed by atoms with Gasteiger partial charge in [0.05, 0.1) is 25.3 Å². The highest BCUT2D eigenvalue weighted by atomic mass is 19.4. The molecule has 0 unspecified atom stereocenters. The SMILES string of the molecule is CCOc1cc(CN2CCC3(CC2)CC(=O)N(C2=NCC=N2)C3)cc(OCC)c1-c1ccc(F)cc1.O=C([O-])C(F)(F)F. The summed E-state index contributed by atoms with van der Waals surface area (Å²) in [5.74, 6) is -1.08. The van der Waals surface area contributed by atoms with Gasteiger partial charge in [0, 0.05) is 25.7 Å². The molecule has 2 aromatic carbocycles. The van der Waals surface area contributed by atoms with Crippen LogP contribution in [0.4, 0.5) is 17.6 Å². The number of carboxylic acids is 1. The standard InChI is InChI=1S/C28H33FN4O3.C2HF3O2/c1-3-35-23-15-20(16-24(36-4-2)26(23)21-5-7-22(29)8-6-21)18-32-13-9-28(10-14-32)17-25(34)33(19-28)27-30-11-12-31-27;3-2(4,5)1(6)7/h5-8,11,15-16H,3-4,9-10,12-14,17-19H2,1-2H3;(H,6,7)/p-1. The van der Waals surface area contributed by atoms with Gasteiger partial charge in [-0.1, -0.05) is 12.1 Å². The molecule has 0 atom stereocenters. The molecule has 1 spiro atoms. The third-order valence-corrected chi connectivity index (χ3v) is 7.50. The van der Waals surface area contributed by atoms with Crippen LogP contribution in [0.15, 0.2) is 46.4 Å². The van der Waals surface area contributed by atoms with Crippen molar-refractivity contribution in [3.63, 3.8) is 0 Å². The van der Waals surface area contributed by atoms with Crippen LogP contribution >= 0.6 is 0 Å². The molecule has 13 heteroatoms. The summed E-state index contributed by atoms with van der Waals surface area (Å²) in [5, 5.41) is 8.78. The first-order valence-electron chi connectivity index (χ1n) is 14.0. The number of ether oxygens (including phenoxy) is 2. The maximum atomic E-state index is 13.6. The number of benzene rings is 2. The number of rotatable bonds is 7. The Hall–Kier alpha value is -4.00. The summed E-state index contributed by atoms with van der Waals surface area (Å²) in [6, 6.07) is 10.6. The number of alkyl halides is 3. The number of piperidine rings is 1. The van der Waals surface area contributed by atoms with Gasteiger partial charge in [0.15, 0.2) is 0 Å². The Morgan fingerprint density at radius 2 is 1.63 bits per heavy atom. The summed E-state index contributed by atoms with van der Waals surface area (Å²) in [6.45, 7) is 8.85. The summed E-state index contributed by atoms with van der Waals surface area (Å²) in [7, 11) is 0. The first-order chi connectivity index (χ1) is 20.4. The molecule has 232 valence electrons. The molecule has 3 heterocycles. The van der Waals surface area contributed by atoms with Crippen LogP contribution < -0.4 is 14.6 Å². The molecule has 9 nitrogen and oxygen atoms in total. The lowest BCUT2D eigenvalue weighted by Crippen LogP contribution is -2.41. The van der Waals surface area contributed by atoms with Crippen LogP contribution in [0.1, 0.15) is 38.7 Å². The van der Waals surface area contributed by atoms with E-state index >= 15 is 0 Å². The smallest absolute Gasteiger partial charge is 0.430 e. The van der Waals surface area contributed by atoms with Gasteiger partial charge in [-0.2, -0.15) is 13.2 Å². The fourth-order valence-corrected chi connectivity index (χ4v) is 5.47. The van der Waals surface area contributed by atoms with Crippen molar-refractivity contribution in [2.75, 3.05) is 39.4 Å². The predicted molar refractivity (Wildman–Crippen MR) is 149 cm³/mol. The molecular formula is C30H33F4N4O5-. The number of carboxylic acid groups (broad SMARTS) is 1. The lowest BCUT2D eigenvalue weighted by molar-refractivity contribution is -0.344. The Morgan fingerprint density at radius 3 is 2.12 bits per heavy atom. The summed E-state index contributed by atoms with van der Waals surface area (Å²) in [5.41, 5.74) is 2.83. The minimum absolute atomic E-state index is 0.00756. The highest BCUT2D eigenvalue weighted by molar-refractivity contribution is 6.04. The Bertz CT molecular complexity index is 1340. The molecule has 43 heavy (non-hydrogen) atoms. The molecule has 2 aromatic rings. The van der Waals surface area contributed by atoms with E-state index in [1.54, 1.807) is 23.2 Å². The Labute approximate surface area is 246 Å². The third kappa shape index (κ3) is 7.89. The number of hydrogen-bond donors (Lipinski definition) is 0. The van der Waals surface area contributed by atoms with Crippen molar-refractivity contribution in [2.45, 2.75) is 45.8 Å². The molecule has 2 saturated heterocycles. The summed E-state index contributed by atoms with van der Waals surface area (Å²) < 4.78 is 57.2. The van der Waals surface area contributed by atoms with Crippen molar-refractivity contribution in [1.82, 2.24) is 9.80 Å². The number of carbonyl (C=O) groups is 2. The minimum atomic E-state index is -5.19. The summed E-state index contributed by atoms with van der Waals surface area (Å²) in [4.78, 5) is 34.3. The van der Waals surface area contributed by atoms with Crippen LogP contribution in [0.5, 0.6) is 11.5 Å². The first kappa shape index (κ1) is 31.9. The number of guanidine groups is 1. The fourth-order valence-electron chi connectivity index (χ4n) is 5.47. The van der Waals surface area contributed by atoms with Gasteiger partial charge < -0.3 is 19.4 Å². The molecule has 0 bridgehead atoms. The largest absolute Gasteiger partial charge is 0.542 e. The first-order valence-corrected chi connectivity index (χ1v) is 14.0. The Morgan fingerprint density at radius 1 is 1.05 bits per heavy atom. The second kappa shape index (κ2) is 13.5. The molecule has 3 aliphatic heterocycles. The van der Waals surface area contributed by atoms with Gasteiger partial charge >= 0.3 is 6.18 Å². The van der Waals surface area contributed by atoms with E-state index in [0.29, 0.717) is 38.7 Å². The van der Waals surface area contributed by atoms with Gasteiger partial charge in [-0.3, -0.25) is 14.6 Å². The van der Waals surface area contributed by atoms with E-state index in [1.807, 2.05) is 13.8 Å². The summed E-state index contributed by atoms with van der Waals surface area (Å²) in [6.07, 6.45) is -0.928. The van der Waals surface area contributed by atoms with Crippen molar-refractivity contribution in [1.29, 1.82) is 0 Å². The van der Waals surface area contributed by atoms with Crippen LogP contribution in [-0.4, -0.2) is 79.4 Å². The molecule has 0 aromatic heterocycles. The normalized spacial score (nSPS) is 18.0. The Kier molecular flexibility index (Phi) is 10.0. The third-order valence-electron chi connectivity index (χ3n) is 7.50. The van der Waals surface area contributed by atoms with Crippen molar-refractivity contribution in [3.05, 3.63) is 47.8 Å². The number of likely N-dealkylation sites (tertiary alicyclic amines) is 2. The number of aliphatic imine (C=N–C) groups is 2. The summed E-state index contributed by atoms with van der Waals surface area (Å²) >= 11 is 0. The topological polar surface area (TPSA) is 107 Å². The molecule has 1 amide bonds. The van der Waals surface area contributed by atoms with Crippen LogP contribution in [0.25, 0.3) is 11.1 Å². The highest BCUT2D eigenvalue weighted by Crippen LogP contribution is 2.43. The van der Waals surface area contributed by atoms with E-state index in [1.165, 1.54) is 12.1 Å². The van der Waals surface area contributed by atoms with Gasteiger partial charge in [0.2, 0.25) is 11.9 Å². The minimum Gasteiger partial charge on any atom is -0.542 e. The zero-order valence-corrected chi connectivity index (χ0v) is 24.0. The van der Waals surface area contributed by atoms with Crippen molar-refractivity contribution >= 4 is 24.1 Å². The average molecular weight is 606 g/mol. The number of halogens is 4. The van der Waals surface area contributed by atoms with E-state index in [9.17, 15) is 22.4 Å². The zero-order chi connectivity index (χ0) is 31.2. The second-order valence-electron chi connectivity index (χ2n) is 10.5. The van der Waals surface area contributed by atoms with Gasteiger partial charge in [-0.25, -0.2) is 14.4 Å². The number of amides is 1. The van der Waals surface area contributed by atoms with E-state index in [4.69, 9.17) is 19.4 Å². The number of nitrogens with zero attached hydrogens (tertiary/aromatic N) is 4. The lowest BCUT2D eigenvalue weighted by atomic mass is 9.77. The van der Waals surface area contributed by atoms with Crippen LogP contribution in [-0.2, 0) is 16.1 Å². The van der Waals surface area contributed by atoms with Crippen LogP contribution in [0.2, 0.25) is 0 Å². The average Bonchev–Trinajstić information content (AvgIpc) is 3.59. The number of carbonyl (C=O) groups excluding carboxylic acids is 2. The van der Waals surface area contributed by atoms with Gasteiger partial charge in [0.1, 0.15) is 23.3 Å². The van der Waals surface area contributed by atoms with E-state index in [0.717, 1.165) is 60.7 Å². The molecule has 0 N–H and O–H groups in total. The maximum absolute atomic E-state index is 13.6.